The highest BCUT2D eigenvalue weighted by Crippen LogP contribution is 2.59. The first-order valence-corrected chi connectivity index (χ1v) is 23.5. The van der Waals surface area contributed by atoms with Crippen molar-refractivity contribution in [3.05, 3.63) is 81.8 Å². The highest BCUT2D eigenvalue weighted by molar-refractivity contribution is 5.86. The zero-order valence-corrected chi connectivity index (χ0v) is 38.3. The molecule has 3 fully saturated rings. The van der Waals surface area contributed by atoms with Crippen LogP contribution in [-0.4, -0.2) is 85.8 Å². The smallest absolute Gasteiger partial charge is 0.407 e. The molecule has 2 bridgehead atoms. The molecule has 2 aliphatic carbocycles. The second kappa shape index (κ2) is 17.3. The van der Waals surface area contributed by atoms with Gasteiger partial charge >= 0.3 is 6.09 Å². The van der Waals surface area contributed by atoms with Gasteiger partial charge in [-0.1, -0.05) is 58.7 Å². The second-order valence-electron chi connectivity index (χ2n) is 19.5. The van der Waals surface area contributed by atoms with Crippen molar-refractivity contribution in [2.45, 2.75) is 141 Å². The van der Waals surface area contributed by atoms with Crippen molar-refractivity contribution in [1.82, 2.24) is 40.0 Å². The Bertz CT molecular complexity index is 2470. The number of amides is 3. The number of carbonyl (C=O) groups excluding carboxylic acids is 3. The lowest BCUT2D eigenvalue weighted by Crippen LogP contribution is -2.51. The lowest BCUT2D eigenvalue weighted by Gasteiger charge is -2.29. The fraction of sp³-hybridized carbons (Fsp3) is 0.549. The van der Waals surface area contributed by atoms with Gasteiger partial charge in [0.05, 0.1) is 37.3 Å². The molecule has 0 spiro atoms. The van der Waals surface area contributed by atoms with Crippen molar-refractivity contribution in [3.63, 3.8) is 0 Å². The number of H-pyrrole nitrogens is 2. The third kappa shape index (κ3) is 7.64. The summed E-state index contributed by atoms with van der Waals surface area (Å²) < 4.78 is 4.81. The van der Waals surface area contributed by atoms with Gasteiger partial charge in [0.25, 0.3) is 0 Å². The van der Waals surface area contributed by atoms with Gasteiger partial charge in [-0.25, -0.2) is 14.8 Å². The number of benzene rings is 2. The Kier molecular flexibility index (Phi) is 11.8. The molecule has 332 valence electrons. The number of methoxy groups -OCH3 is 1. The first-order chi connectivity index (χ1) is 30.4. The lowest BCUT2D eigenvalue weighted by molar-refractivity contribution is -0.135. The van der Waals surface area contributed by atoms with Crippen molar-refractivity contribution in [2.24, 2.45) is 11.8 Å². The number of likely N-dealkylation sites (tertiary alicyclic amines) is 2. The first-order valence-electron chi connectivity index (χ1n) is 23.5. The third-order valence-electron chi connectivity index (χ3n) is 14.9. The van der Waals surface area contributed by atoms with E-state index < -0.39 is 12.1 Å². The molecule has 2 aromatic heterocycles. The molecule has 4 aromatic rings. The fourth-order valence-electron chi connectivity index (χ4n) is 11.8. The normalized spacial score (nSPS) is 24.2. The molecule has 5 aliphatic rings. The summed E-state index contributed by atoms with van der Waals surface area (Å²) in [7, 11) is 3.57. The number of hydrogen-bond acceptors (Lipinski definition) is 7. The van der Waals surface area contributed by atoms with Crippen LogP contribution in [0.15, 0.2) is 36.7 Å². The molecule has 3 N–H and O–H groups in total. The van der Waals surface area contributed by atoms with Crippen LogP contribution in [0.1, 0.15) is 180 Å². The van der Waals surface area contributed by atoms with Crippen LogP contribution in [0, 0.1) is 23.7 Å². The van der Waals surface area contributed by atoms with E-state index in [2.05, 4.69) is 91.0 Å². The molecule has 12 nitrogen and oxygen atoms in total. The molecule has 3 aliphatic heterocycles. The number of rotatable bonds is 10. The van der Waals surface area contributed by atoms with Crippen molar-refractivity contribution in [2.75, 3.05) is 27.2 Å². The molecular weight excluding hydrogens is 789 g/mol. The quantitative estimate of drug-likeness (QED) is 0.135. The van der Waals surface area contributed by atoms with Gasteiger partial charge in [-0.3, -0.25) is 14.5 Å². The van der Waals surface area contributed by atoms with E-state index in [1.54, 1.807) is 6.20 Å². The Morgan fingerprint density at radius 1 is 0.825 bits per heavy atom. The van der Waals surface area contributed by atoms with Crippen LogP contribution in [0.3, 0.4) is 0 Å². The Balaban J connectivity index is 1.03. The predicted octanol–water partition coefficient (Wildman–Crippen LogP) is 9.44. The summed E-state index contributed by atoms with van der Waals surface area (Å²) in [6.45, 7) is 14.1. The third-order valence-corrected chi connectivity index (χ3v) is 14.9. The van der Waals surface area contributed by atoms with Crippen LogP contribution < -0.4 is 5.32 Å². The predicted molar refractivity (Wildman–Crippen MR) is 244 cm³/mol. The van der Waals surface area contributed by atoms with Crippen molar-refractivity contribution < 1.29 is 19.1 Å². The number of aromatic nitrogens is 4. The number of carbonyl (C=O) groups is 3. The number of alkyl carbamates (subject to hydrolysis) is 1. The Labute approximate surface area is 372 Å². The number of nitrogens with zero attached hydrogens (tertiary/aromatic N) is 5. The van der Waals surface area contributed by atoms with Gasteiger partial charge in [-0.15, -0.1) is 0 Å². The van der Waals surface area contributed by atoms with E-state index in [0.29, 0.717) is 30.7 Å². The molecule has 63 heavy (non-hydrogen) atoms. The van der Waals surface area contributed by atoms with Crippen LogP contribution in [0.2, 0.25) is 0 Å². The standard InChI is InChI=1S/C51H64N8O4/c1-9-39-46-37(38-27-53-49(55-38)40-12-10-22-58(40)42(60)24-28(2)3)21-20-35(43(46)30(6)57(39)7)36-19-17-31(44-32-14-15-33(25-32)45(36)44)16-18-34-26-52-48(54-34)41-13-11-23-59(41)50(61)47(29(4)5)56-51(62)63-8/h17,19-21,26-30,32-33,39-41,47H,9-15,22-25H2,1-8H3,(H,52,54)(H,53,55)(H,56,62)/t30?,32?,33?,39?,40-,41?,47?/m0/s1. The highest BCUT2D eigenvalue weighted by Gasteiger charge is 2.43. The number of ether oxygens (including phenoxy) is 1. The van der Waals surface area contributed by atoms with Crippen LogP contribution >= 0.6 is 0 Å². The zero-order valence-electron chi connectivity index (χ0n) is 38.3. The molecule has 9 rings (SSSR count). The van der Waals surface area contributed by atoms with E-state index in [-0.39, 0.29) is 41.9 Å². The summed E-state index contributed by atoms with van der Waals surface area (Å²) >= 11 is 0. The minimum absolute atomic E-state index is 0.00925. The molecule has 5 heterocycles. The van der Waals surface area contributed by atoms with Crippen LogP contribution in [0.4, 0.5) is 4.79 Å². The van der Waals surface area contributed by atoms with E-state index in [4.69, 9.17) is 14.7 Å². The molecule has 2 aromatic carbocycles. The summed E-state index contributed by atoms with van der Waals surface area (Å²) in [5.41, 5.74) is 12.4. The lowest BCUT2D eigenvalue weighted by atomic mass is 9.80. The summed E-state index contributed by atoms with van der Waals surface area (Å²) in [6, 6.07) is 8.84. The van der Waals surface area contributed by atoms with Gasteiger partial charge in [0.1, 0.15) is 23.4 Å². The summed E-state index contributed by atoms with van der Waals surface area (Å²) in [4.78, 5) is 62.3. The molecule has 2 saturated heterocycles. The SMILES string of the molecule is CCC1c2c(-c3cnc([C@@H]4CCCN4C(=O)CC(C)C)[nH]3)ccc(-c3ccc(C#Cc4cnc(C5CCCN5C(=O)C(NC(=O)OC)C(C)C)[nH]4)c4c3C3CCC4C3)c2C(C)N1C. The van der Waals surface area contributed by atoms with E-state index in [0.717, 1.165) is 67.2 Å². The Morgan fingerprint density at radius 3 is 2.19 bits per heavy atom. The van der Waals surface area contributed by atoms with E-state index in [9.17, 15) is 14.4 Å². The maximum atomic E-state index is 13.7. The largest absolute Gasteiger partial charge is 0.453 e. The van der Waals surface area contributed by atoms with Crippen molar-refractivity contribution in [3.8, 4) is 34.2 Å². The van der Waals surface area contributed by atoms with E-state index in [1.165, 1.54) is 65.3 Å². The molecule has 1 saturated carbocycles. The number of nitrogens with one attached hydrogen (secondary N) is 3. The van der Waals surface area contributed by atoms with E-state index in [1.807, 2.05) is 29.8 Å². The van der Waals surface area contributed by atoms with Crippen LogP contribution in [0.5, 0.6) is 0 Å². The maximum absolute atomic E-state index is 13.7. The number of aromatic amines is 2. The Morgan fingerprint density at radius 2 is 1.48 bits per heavy atom. The number of hydrogen-bond donors (Lipinski definition) is 3. The maximum Gasteiger partial charge on any atom is 0.407 e. The summed E-state index contributed by atoms with van der Waals surface area (Å²) in [6.07, 6.45) is 11.9. The first kappa shape index (κ1) is 42.9. The minimum Gasteiger partial charge on any atom is -0.453 e. The minimum atomic E-state index is -0.685. The van der Waals surface area contributed by atoms with Crippen molar-refractivity contribution in [1.29, 1.82) is 0 Å². The van der Waals surface area contributed by atoms with Gasteiger partial charge in [-0.05, 0) is 134 Å². The molecule has 0 radical (unpaired) electrons. The number of imidazole rings is 2. The monoisotopic (exact) mass is 853 g/mol. The second-order valence-corrected chi connectivity index (χ2v) is 19.5. The van der Waals surface area contributed by atoms with Crippen LogP contribution in [0.25, 0.3) is 22.4 Å². The van der Waals surface area contributed by atoms with Gasteiger partial charge in [0.15, 0.2) is 0 Å². The van der Waals surface area contributed by atoms with E-state index >= 15 is 0 Å². The summed E-state index contributed by atoms with van der Waals surface area (Å²) in [5, 5.41) is 2.73. The molecular formula is C51H64N8O4. The molecule has 6 unspecified atom stereocenters. The van der Waals surface area contributed by atoms with Gasteiger partial charge in [-0.2, -0.15) is 0 Å². The highest BCUT2D eigenvalue weighted by atomic mass is 16.5. The van der Waals surface area contributed by atoms with Crippen LogP contribution in [-0.2, 0) is 14.3 Å². The summed E-state index contributed by atoms with van der Waals surface area (Å²) in [5.74, 6) is 9.94. The topological polar surface area (TPSA) is 140 Å². The molecule has 3 amide bonds. The average molecular weight is 853 g/mol. The zero-order chi connectivity index (χ0) is 44.3. The Hall–Kier alpha value is -5.41. The van der Waals surface area contributed by atoms with Gasteiger partial charge in [0, 0.05) is 42.7 Å². The fourth-order valence-corrected chi connectivity index (χ4v) is 11.8. The average Bonchev–Trinajstić information content (AvgIpc) is 4.13. The van der Waals surface area contributed by atoms with Gasteiger partial charge in [0.2, 0.25) is 11.8 Å². The van der Waals surface area contributed by atoms with Gasteiger partial charge < -0.3 is 29.8 Å². The van der Waals surface area contributed by atoms with Crippen molar-refractivity contribution >= 4 is 17.9 Å². The number of fused-ring (bicyclic) bond motifs is 6. The molecule has 12 heteroatoms. The molecule has 7 atom stereocenters.